The van der Waals surface area contributed by atoms with Crippen LogP contribution in [0.25, 0.3) is 5.82 Å². The van der Waals surface area contributed by atoms with E-state index < -0.39 is 0 Å². The minimum Gasteiger partial charge on any atom is -0.392 e. The Bertz CT molecular complexity index is 484. The Morgan fingerprint density at radius 1 is 1.33 bits per heavy atom. The molecule has 6 heteroatoms. The van der Waals surface area contributed by atoms with E-state index in [-0.39, 0.29) is 6.61 Å². The average molecular weight is 244 g/mol. The topological polar surface area (TPSA) is 50.9 Å². The highest BCUT2D eigenvalue weighted by atomic mass is 35.5. The third kappa shape index (κ3) is 2.12. The van der Waals surface area contributed by atoms with Gasteiger partial charge < -0.3 is 5.11 Å². The highest BCUT2D eigenvalue weighted by Gasteiger charge is 2.05. The number of nitrogens with zero attached hydrogens (tertiary/aromatic N) is 3. The summed E-state index contributed by atoms with van der Waals surface area (Å²) in [6.07, 6.45) is 4.60. The monoisotopic (exact) mass is 243 g/mol. The first-order chi connectivity index (χ1) is 7.20. The first-order valence-electron chi connectivity index (χ1n) is 4.16. The summed E-state index contributed by atoms with van der Waals surface area (Å²) in [5.74, 6) is 0.565. The summed E-state index contributed by atoms with van der Waals surface area (Å²) in [7, 11) is 0. The molecule has 0 fully saturated rings. The first kappa shape index (κ1) is 10.4. The SMILES string of the molecule is OCc1cc(-n2cc(Cl)cn2)ncc1Cl. The quantitative estimate of drug-likeness (QED) is 0.879. The second-order valence-corrected chi connectivity index (χ2v) is 3.74. The van der Waals surface area contributed by atoms with Crippen molar-refractivity contribution in [2.45, 2.75) is 6.61 Å². The van der Waals surface area contributed by atoms with Gasteiger partial charge in [-0.3, -0.25) is 0 Å². The second-order valence-electron chi connectivity index (χ2n) is 2.90. The van der Waals surface area contributed by atoms with Crippen LogP contribution in [0.1, 0.15) is 5.56 Å². The lowest BCUT2D eigenvalue weighted by Crippen LogP contribution is -1.99. The number of aliphatic hydroxyl groups is 1. The van der Waals surface area contributed by atoms with Crippen molar-refractivity contribution in [2.24, 2.45) is 0 Å². The Hall–Kier alpha value is -1.10. The summed E-state index contributed by atoms with van der Waals surface area (Å²) in [6.45, 7) is -0.136. The van der Waals surface area contributed by atoms with Gasteiger partial charge in [-0.25, -0.2) is 9.67 Å². The number of rotatable bonds is 2. The molecule has 1 N–H and O–H groups in total. The molecule has 2 aromatic heterocycles. The van der Waals surface area contributed by atoms with Crippen LogP contribution >= 0.6 is 23.2 Å². The van der Waals surface area contributed by atoms with E-state index in [0.717, 1.165) is 0 Å². The predicted octanol–water partition coefficient (Wildman–Crippen LogP) is 2.07. The van der Waals surface area contributed by atoms with Crippen LogP contribution in [-0.2, 0) is 6.61 Å². The van der Waals surface area contributed by atoms with Gasteiger partial charge in [-0.15, -0.1) is 0 Å². The molecule has 2 rings (SSSR count). The molecule has 0 saturated carbocycles. The fourth-order valence-electron chi connectivity index (χ4n) is 1.14. The van der Waals surface area contributed by atoms with E-state index in [2.05, 4.69) is 10.1 Å². The molecule has 0 aliphatic rings. The van der Waals surface area contributed by atoms with Crippen LogP contribution < -0.4 is 0 Å². The smallest absolute Gasteiger partial charge is 0.153 e. The lowest BCUT2D eigenvalue weighted by atomic mass is 10.3. The van der Waals surface area contributed by atoms with E-state index in [1.807, 2.05) is 0 Å². The van der Waals surface area contributed by atoms with Gasteiger partial charge in [-0.2, -0.15) is 5.10 Å². The maximum Gasteiger partial charge on any atom is 0.153 e. The van der Waals surface area contributed by atoms with Gasteiger partial charge in [0.15, 0.2) is 5.82 Å². The van der Waals surface area contributed by atoms with E-state index >= 15 is 0 Å². The largest absolute Gasteiger partial charge is 0.392 e. The molecular formula is C9H7Cl2N3O. The number of hydrogen-bond acceptors (Lipinski definition) is 3. The summed E-state index contributed by atoms with van der Waals surface area (Å²) in [4.78, 5) is 4.07. The van der Waals surface area contributed by atoms with Crippen LogP contribution in [0.5, 0.6) is 0 Å². The third-order valence-corrected chi connectivity index (χ3v) is 2.41. The van der Waals surface area contributed by atoms with Gasteiger partial charge in [0.2, 0.25) is 0 Å². The van der Waals surface area contributed by atoms with Gasteiger partial charge in [-0.05, 0) is 6.07 Å². The Labute approximate surface area is 96.1 Å². The number of hydrogen-bond donors (Lipinski definition) is 1. The van der Waals surface area contributed by atoms with E-state index in [1.54, 1.807) is 12.3 Å². The molecule has 0 unspecified atom stereocenters. The van der Waals surface area contributed by atoms with Crippen LogP contribution in [0.4, 0.5) is 0 Å². The summed E-state index contributed by atoms with van der Waals surface area (Å²) in [6, 6.07) is 1.66. The molecule has 78 valence electrons. The van der Waals surface area contributed by atoms with Crippen LogP contribution in [0, 0.1) is 0 Å². The van der Waals surface area contributed by atoms with E-state index in [0.29, 0.717) is 21.4 Å². The molecule has 0 aliphatic carbocycles. The lowest BCUT2D eigenvalue weighted by molar-refractivity contribution is 0.281. The summed E-state index contributed by atoms with van der Waals surface area (Å²) in [5, 5.41) is 14.0. The van der Waals surface area contributed by atoms with Gasteiger partial charge in [-0.1, -0.05) is 23.2 Å². The highest BCUT2D eigenvalue weighted by Crippen LogP contribution is 2.18. The number of aromatic nitrogens is 3. The van der Waals surface area contributed by atoms with Crippen LogP contribution in [0.2, 0.25) is 10.0 Å². The number of halogens is 2. The molecule has 15 heavy (non-hydrogen) atoms. The summed E-state index contributed by atoms with van der Waals surface area (Å²) >= 11 is 11.5. The molecule has 0 aliphatic heterocycles. The van der Waals surface area contributed by atoms with Crippen molar-refractivity contribution < 1.29 is 5.11 Å². The second kappa shape index (κ2) is 4.18. The Kier molecular flexibility index (Phi) is 2.90. The molecule has 2 aromatic rings. The zero-order chi connectivity index (χ0) is 10.8. The molecular weight excluding hydrogens is 237 g/mol. The molecule has 0 radical (unpaired) electrons. The van der Waals surface area contributed by atoms with Crippen molar-refractivity contribution in [3.63, 3.8) is 0 Å². The Balaban J connectivity index is 2.45. The van der Waals surface area contributed by atoms with Gasteiger partial charge in [0.1, 0.15) is 0 Å². The van der Waals surface area contributed by atoms with E-state index in [4.69, 9.17) is 28.3 Å². The normalized spacial score (nSPS) is 10.6. The maximum atomic E-state index is 9.03. The molecule has 2 heterocycles. The third-order valence-electron chi connectivity index (χ3n) is 1.88. The van der Waals surface area contributed by atoms with Gasteiger partial charge in [0.25, 0.3) is 0 Å². The zero-order valence-electron chi connectivity index (χ0n) is 7.56. The molecule has 0 aromatic carbocycles. The van der Waals surface area contributed by atoms with Gasteiger partial charge >= 0.3 is 0 Å². The molecule has 0 saturated heterocycles. The molecule has 0 amide bonds. The van der Waals surface area contributed by atoms with Crippen molar-refractivity contribution in [3.8, 4) is 5.82 Å². The van der Waals surface area contributed by atoms with Crippen molar-refractivity contribution in [3.05, 3.63) is 40.3 Å². The highest BCUT2D eigenvalue weighted by molar-refractivity contribution is 6.31. The number of pyridine rings is 1. The Morgan fingerprint density at radius 2 is 2.13 bits per heavy atom. The van der Waals surface area contributed by atoms with Crippen LogP contribution in [-0.4, -0.2) is 19.9 Å². The van der Waals surface area contributed by atoms with Crippen molar-refractivity contribution in [2.75, 3.05) is 0 Å². The first-order valence-corrected chi connectivity index (χ1v) is 4.92. The predicted molar refractivity (Wildman–Crippen MR) is 57.3 cm³/mol. The molecule has 0 bridgehead atoms. The van der Waals surface area contributed by atoms with Crippen molar-refractivity contribution in [1.29, 1.82) is 0 Å². The lowest BCUT2D eigenvalue weighted by Gasteiger charge is -2.03. The fraction of sp³-hybridized carbons (Fsp3) is 0.111. The summed E-state index contributed by atoms with van der Waals surface area (Å²) < 4.78 is 1.51. The van der Waals surface area contributed by atoms with Crippen LogP contribution in [0.3, 0.4) is 0 Å². The minimum atomic E-state index is -0.136. The minimum absolute atomic E-state index is 0.136. The average Bonchev–Trinajstić information content (AvgIpc) is 2.66. The van der Waals surface area contributed by atoms with Crippen LogP contribution in [0.15, 0.2) is 24.7 Å². The Morgan fingerprint density at radius 3 is 2.73 bits per heavy atom. The molecule has 0 spiro atoms. The molecule has 0 atom stereocenters. The van der Waals surface area contributed by atoms with E-state index in [9.17, 15) is 0 Å². The van der Waals surface area contributed by atoms with Gasteiger partial charge in [0, 0.05) is 11.8 Å². The standard InChI is InChI=1S/C9H7Cl2N3O/c10-7-2-13-14(4-7)9-1-6(5-15)8(11)3-12-9/h1-4,15H,5H2. The maximum absolute atomic E-state index is 9.03. The number of aliphatic hydroxyl groups excluding tert-OH is 1. The fourth-order valence-corrected chi connectivity index (χ4v) is 1.44. The van der Waals surface area contributed by atoms with E-state index in [1.165, 1.54) is 17.1 Å². The van der Waals surface area contributed by atoms with Crippen molar-refractivity contribution >= 4 is 23.2 Å². The summed E-state index contributed by atoms with van der Waals surface area (Å²) in [5.41, 5.74) is 0.605. The zero-order valence-corrected chi connectivity index (χ0v) is 9.07. The van der Waals surface area contributed by atoms with Crippen molar-refractivity contribution in [1.82, 2.24) is 14.8 Å². The van der Waals surface area contributed by atoms with Gasteiger partial charge in [0.05, 0.1) is 29.0 Å². The molecule has 4 nitrogen and oxygen atoms in total.